The van der Waals surface area contributed by atoms with Crippen LogP contribution >= 0.6 is 22.9 Å². The lowest BCUT2D eigenvalue weighted by atomic mass is 10.2. The van der Waals surface area contributed by atoms with E-state index in [0.29, 0.717) is 16.7 Å². The Morgan fingerprint density at radius 1 is 1.26 bits per heavy atom. The van der Waals surface area contributed by atoms with Crippen molar-refractivity contribution in [3.8, 4) is 22.2 Å². The largest absolute Gasteiger partial charge is 0.391 e. The fourth-order valence-electron chi connectivity index (χ4n) is 1.75. The Bertz CT molecular complexity index is 718. The standard InChI is InChI=1S/C13H10ClN3OS/c1-7-6-10(15)19-11(7)13-16-12(17-18-13)8-2-4-9(14)5-3-8/h2-6H,15H2,1H3. The molecule has 0 fully saturated rings. The summed E-state index contributed by atoms with van der Waals surface area (Å²) in [6.45, 7) is 1.97. The lowest BCUT2D eigenvalue weighted by Crippen LogP contribution is -1.80. The fourth-order valence-corrected chi connectivity index (χ4v) is 2.74. The first-order valence-electron chi connectivity index (χ1n) is 5.59. The molecule has 0 aliphatic heterocycles. The average Bonchev–Trinajstić information content (AvgIpc) is 2.97. The van der Waals surface area contributed by atoms with Gasteiger partial charge in [0, 0.05) is 10.6 Å². The number of hydrogen-bond donors (Lipinski definition) is 1. The van der Waals surface area contributed by atoms with Crippen molar-refractivity contribution in [3.05, 3.63) is 40.9 Å². The number of benzene rings is 1. The van der Waals surface area contributed by atoms with Gasteiger partial charge in [0.2, 0.25) is 5.82 Å². The first-order chi connectivity index (χ1) is 9.13. The van der Waals surface area contributed by atoms with E-state index in [1.165, 1.54) is 11.3 Å². The van der Waals surface area contributed by atoms with Crippen LogP contribution in [0.25, 0.3) is 22.2 Å². The van der Waals surface area contributed by atoms with E-state index in [1.54, 1.807) is 12.1 Å². The predicted octanol–water partition coefficient (Wildman–Crippen LogP) is 4.01. The number of nitrogens with zero attached hydrogens (tertiary/aromatic N) is 2. The summed E-state index contributed by atoms with van der Waals surface area (Å²) in [5, 5.41) is 5.39. The zero-order chi connectivity index (χ0) is 13.4. The smallest absolute Gasteiger partial charge is 0.268 e. The van der Waals surface area contributed by atoms with E-state index in [-0.39, 0.29) is 0 Å². The SMILES string of the molecule is Cc1cc(N)sc1-c1nc(-c2ccc(Cl)cc2)no1. The Kier molecular flexibility index (Phi) is 3.00. The number of thiophene rings is 1. The summed E-state index contributed by atoms with van der Waals surface area (Å²) < 4.78 is 5.29. The molecular weight excluding hydrogens is 282 g/mol. The number of anilines is 1. The summed E-state index contributed by atoms with van der Waals surface area (Å²) >= 11 is 7.29. The molecule has 0 amide bonds. The summed E-state index contributed by atoms with van der Waals surface area (Å²) in [7, 11) is 0. The van der Waals surface area contributed by atoms with Gasteiger partial charge in [0.05, 0.1) is 9.88 Å². The molecule has 3 aromatic rings. The van der Waals surface area contributed by atoms with Gasteiger partial charge in [-0.1, -0.05) is 16.8 Å². The third kappa shape index (κ3) is 2.34. The monoisotopic (exact) mass is 291 g/mol. The highest BCUT2D eigenvalue weighted by Gasteiger charge is 2.15. The Hall–Kier alpha value is -1.85. The van der Waals surface area contributed by atoms with Crippen molar-refractivity contribution < 1.29 is 4.52 Å². The van der Waals surface area contributed by atoms with E-state index < -0.39 is 0 Å². The molecule has 1 aromatic carbocycles. The normalized spacial score (nSPS) is 10.8. The Labute approximate surface area is 118 Å². The molecule has 2 aromatic heterocycles. The van der Waals surface area contributed by atoms with E-state index in [0.717, 1.165) is 21.0 Å². The fraction of sp³-hybridized carbons (Fsp3) is 0.0769. The van der Waals surface area contributed by atoms with Crippen LogP contribution in [0.3, 0.4) is 0 Å². The van der Waals surface area contributed by atoms with Crippen LogP contribution in [0.2, 0.25) is 5.02 Å². The topological polar surface area (TPSA) is 64.9 Å². The molecule has 0 spiro atoms. The number of nitrogen functional groups attached to an aromatic ring is 1. The maximum absolute atomic E-state index is 5.85. The van der Waals surface area contributed by atoms with E-state index >= 15 is 0 Å². The number of nitrogens with two attached hydrogens (primary N) is 1. The minimum atomic E-state index is 0.490. The Morgan fingerprint density at radius 2 is 2.00 bits per heavy atom. The highest BCUT2D eigenvalue weighted by Crippen LogP contribution is 2.33. The second kappa shape index (κ2) is 4.68. The van der Waals surface area contributed by atoms with Crippen molar-refractivity contribution in [3.63, 3.8) is 0 Å². The van der Waals surface area contributed by atoms with Crippen molar-refractivity contribution in [2.24, 2.45) is 0 Å². The summed E-state index contributed by atoms with van der Waals surface area (Å²) in [5.74, 6) is 1.03. The Balaban J connectivity index is 1.99. The first-order valence-corrected chi connectivity index (χ1v) is 6.79. The first kappa shape index (κ1) is 12.2. The molecule has 0 saturated heterocycles. The molecule has 96 valence electrons. The van der Waals surface area contributed by atoms with Crippen LogP contribution in [0.1, 0.15) is 5.56 Å². The predicted molar refractivity (Wildman–Crippen MR) is 77.2 cm³/mol. The van der Waals surface area contributed by atoms with Crippen LogP contribution in [0.4, 0.5) is 5.00 Å². The second-order valence-electron chi connectivity index (χ2n) is 4.09. The summed E-state index contributed by atoms with van der Waals surface area (Å²) in [6.07, 6.45) is 0. The number of hydrogen-bond acceptors (Lipinski definition) is 5. The molecule has 0 bridgehead atoms. The van der Waals surface area contributed by atoms with Crippen molar-refractivity contribution >= 4 is 27.9 Å². The van der Waals surface area contributed by atoms with Crippen LogP contribution in [0.15, 0.2) is 34.9 Å². The number of aryl methyl sites for hydroxylation is 1. The summed E-state index contributed by atoms with van der Waals surface area (Å²) in [6, 6.07) is 9.19. The minimum absolute atomic E-state index is 0.490. The van der Waals surface area contributed by atoms with Gasteiger partial charge in [-0.2, -0.15) is 4.98 Å². The van der Waals surface area contributed by atoms with Gasteiger partial charge in [-0.15, -0.1) is 11.3 Å². The van der Waals surface area contributed by atoms with Crippen LogP contribution in [0.5, 0.6) is 0 Å². The molecule has 6 heteroatoms. The molecule has 0 atom stereocenters. The van der Waals surface area contributed by atoms with E-state index in [4.69, 9.17) is 21.9 Å². The van der Waals surface area contributed by atoms with Crippen LogP contribution in [0, 0.1) is 6.92 Å². The highest BCUT2D eigenvalue weighted by molar-refractivity contribution is 7.19. The lowest BCUT2D eigenvalue weighted by Gasteiger charge is -1.93. The van der Waals surface area contributed by atoms with Gasteiger partial charge >= 0.3 is 0 Å². The van der Waals surface area contributed by atoms with Gasteiger partial charge in [-0.25, -0.2) is 0 Å². The molecule has 0 radical (unpaired) electrons. The van der Waals surface area contributed by atoms with Crippen molar-refractivity contribution in [1.82, 2.24) is 10.1 Å². The summed E-state index contributed by atoms with van der Waals surface area (Å²) in [5.41, 5.74) is 7.66. The molecule has 0 unspecified atom stereocenters. The van der Waals surface area contributed by atoms with Crippen LogP contribution in [-0.4, -0.2) is 10.1 Å². The lowest BCUT2D eigenvalue weighted by molar-refractivity contribution is 0.433. The Morgan fingerprint density at radius 3 is 2.63 bits per heavy atom. The number of aromatic nitrogens is 2. The van der Waals surface area contributed by atoms with Crippen molar-refractivity contribution in [2.75, 3.05) is 5.73 Å². The molecule has 3 rings (SSSR count). The van der Waals surface area contributed by atoms with E-state index in [2.05, 4.69) is 10.1 Å². The molecular formula is C13H10ClN3OS. The molecule has 0 saturated carbocycles. The van der Waals surface area contributed by atoms with E-state index in [9.17, 15) is 0 Å². The maximum Gasteiger partial charge on any atom is 0.268 e. The molecule has 2 N–H and O–H groups in total. The molecule has 19 heavy (non-hydrogen) atoms. The van der Waals surface area contributed by atoms with Gasteiger partial charge in [-0.05, 0) is 42.8 Å². The van der Waals surface area contributed by atoms with Gasteiger partial charge in [0.15, 0.2) is 0 Å². The minimum Gasteiger partial charge on any atom is -0.391 e. The van der Waals surface area contributed by atoms with Gasteiger partial charge in [0.1, 0.15) is 0 Å². The third-order valence-electron chi connectivity index (χ3n) is 2.66. The van der Waals surface area contributed by atoms with Gasteiger partial charge in [-0.3, -0.25) is 0 Å². The molecule has 0 aliphatic carbocycles. The third-order valence-corrected chi connectivity index (χ3v) is 3.97. The van der Waals surface area contributed by atoms with Gasteiger partial charge < -0.3 is 10.3 Å². The molecule has 2 heterocycles. The van der Waals surface area contributed by atoms with Crippen LogP contribution in [-0.2, 0) is 0 Å². The van der Waals surface area contributed by atoms with Crippen LogP contribution < -0.4 is 5.73 Å². The van der Waals surface area contributed by atoms with E-state index in [1.807, 2.05) is 25.1 Å². The van der Waals surface area contributed by atoms with Crippen molar-refractivity contribution in [1.29, 1.82) is 0 Å². The second-order valence-corrected chi connectivity index (χ2v) is 5.61. The number of halogens is 1. The summed E-state index contributed by atoms with van der Waals surface area (Å²) in [4.78, 5) is 5.30. The molecule has 0 aliphatic rings. The molecule has 4 nitrogen and oxygen atoms in total. The number of rotatable bonds is 2. The highest BCUT2D eigenvalue weighted by atomic mass is 35.5. The van der Waals surface area contributed by atoms with Gasteiger partial charge in [0.25, 0.3) is 5.89 Å². The van der Waals surface area contributed by atoms with Crippen molar-refractivity contribution in [2.45, 2.75) is 6.92 Å². The quantitative estimate of drug-likeness (QED) is 0.775. The zero-order valence-corrected chi connectivity index (χ0v) is 11.6. The zero-order valence-electron chi connectivity index (χ0n) is 10.1. The maximum atomic E-state index is 5.85. The average molecular weight is 292 g/mol.